The molecule has 0 N–H and O–H groups in total. The fraction of sp³-hybridized carbons (Fsp3) is 0.357. The third-order valence-corrected chi connectivity index (χ3v) is 5.17. The van der Waals surface area contributed by atoms with Gasteiger partial charge in [-0.15, -0.1) is 11.3 Å². The van der Waals surface area contributed by atoms with Crippen LogP contribution < -0.4 is 0 Å². The molecule has 1 aromatic heterocycles. The Hall–Kier alpha value is -0.670. The van der Waals surface area contributed by atoms with Gasteiger partial charge in [-0.2, -0.15) is 0 Å². The second-order valence-corrected chi connectivity index (χ2v) is 5.81. The van der Waals surface area contributed by atoms with Gasteiger partial charge in [-0.3, -0.25) is 4.98 Å². The van der Waals surface area contributed by atoms with Crippen LogP contribution in [-0.2, 0) is 11.8 Å². The number of nitrogens with zero attached hydrogens (tertiary/aromatic N) is 1. The number of hydrogen-bond donors (Lipinski definition) is 0. The first-order valence-electron chi connectivity index (χ1n) is 5.79. The molecule has 0 fully saturated rings. The zero-order valence-corrected chi connectivity index (χ0v) is 12.3. The Morgan fingerprint density at radius 1 is 1.29 bits per heavy atom. The van der Waals surface area contributed by atoms with Gasteiger partial charge in [0.25, 0.3) is 0 Å². The van der Waals surface area contributed by atoms with Gasteiger partial charge in [0.15, 0.2) is 0 Å². The molecule has 3 heteroatoms. The van der Waals surface area contributed by atoms with Crippen LogP contribution in [0.2, 0.25) is 0 Å². The minimum Gasteiger partial charge on any atom is -0.253 e. The van der Waals surface area contributed by atoms with Crippen LogP contribution in [-0.4, -0.2) is 10.3 Å². The zero-order chi connectivity index (χ0) is 12.1. The molecule has 0 saturated heterocycles. The molecule has 1 nitrogen and oxygen atoms in total. The van der Waals surface area contributed by atoms with E-state index in [0.717, 1.165) is 18.2 Å². The van der Waals surface area contributed by atoms with Crippen LogP contribution in [0, 0.1) is 0 Å². The maximum Gasteiger partial charge on any atom is 0.0794 e. The first-order chi connectivity index (χ1) is 8.30. The highest BCUT2D eigenvalue weighted by Gasteiger charge is 2.29. The third-order valence-electron chi connectivity index (χ3n) is 3.31. The molecule has 90 valence electrons. The second-order valence-electron chi connectivity index (χ2n) is 4.28. The van der Waals surface area contributed by atoms with Gasteiger partial charge in [0.1, 0.15) is 0 Å². The minimum atomic E-state index is 0.188. The minimum absolute atomic E-state index is 0.188. The van der Waals surface area contributed by atoms with Crippen LogP contribution >= 0.6 is 27.3 Å². The summed E-state index contributed by atoms with van der Waals surface area (Å²) in [7, 11) is 0. The lowest BCUT2D eigenvalue weighted by molar-refractivity contribution is 0.467. The summed E-state index contributed by atoms with van der Waals surface area (Å²) in [5, 5.41) is 0.985. The van der Waals surface area contributed by atoms with Crippen molar-refractivity contribution in [2.24, 2.45) is 0 Å². The molecule has 1 heterocycles. The summed E-state index contributed by atoms with van der Waals surface area (Å²) in [5.74, 6) is 0. The molecule has 0 radical (unpaired) electrons. The van der Waals surface area contributed by atoms with E-state index in [0.29, 0.717) is 0 Å². The molecule has 1 atom stereocenters. The molecule has 0 saturated carbocycles. The number of benzene rings is 1. The van der Waals surface area contributed by atoms with Crippen molar-refractivity contribution in [3.8, 4) is 0 Å². The summed E-state index contributed by atoms with van der Waals surface area (Å²) >= 11 is 5.44. The highest BCUT2D eigenvalue weighted by Crippen LogP contribution is 2.34. The molecule has 0 aliphatic heterocycles. The largest absolute Gasteiger partial charge is 0.253 e. The third kappa shape index (κ3) is 2.78. The normalized spacial score (nSPS) is 14.5. The van der Waals surface area contributed by atoms with Gasteiger partial charge in [0.2, 0.25) is 0 Å². The number of rotatable bonds is 5. The van der Waals surface area contributed by atoms with E-state index in [1.54, 1.807) is 11.3 Å². The lowest BCUT2D eigenvalue weighted by Gasteiger charge is -2.31. The molecule has 0 aliphatic rings. The first kappa shape index (κ1) is 12.8. The quantitative estimate of drug-likeness (QED) is 0.745. The Labute approximate surface area is 115 Å². The topological polar surface area (TPSA) is 12.9 Å². The van der Waals surface area contributed by atoms with Crippen LogP contribution in [0.4, 0.5) is 0 Å². The van der Waals surface area contributed by atoms with E-state index >= 15 is 0 Å². The zero-order valence-electron chi connectivity index (χ0n) is 9.90. The Kier molecular flexibility index (Phi) is 4.35. The summed E-state index contributed by atoms with van der Waals surface area (Å²) in [6.07, 6.45) is 4.17. The SMILES string of the molecule is CCC(CBr)(Cc1cncs1)c1ccccc1. The van der Waals surface area contributed by atoms with E-state index < -0.39 is 0 Å². The van der Waals surface area contributed by atoms with Gasteiger partial charge < -0.3 is 0 Å². The molecule has 0 spiro atoms. The second kappa shape index (κ2) is 5.78. The van der Waals surface area contributed by atoms with Gasteiger partial charge in [0.05, 0.1) is 5.51 Å². The first-order valence-corrected chi connectivity index (χ1v) is 7.80. The maximum absolute atomic E-state index is 4.17. The van der Waals surface area contributed by atoms with E-state index in [1.807, 2.05) is 11.7 Å². The predicted molar refractivity (Wildman–Crippen MR) is 78.0 cm³/mol. The predicted octanol–water partition coefficient (Wildman–Crippen LogP) is 4.43. The number of alkyl halides is 1. The average molecular weight is 310 g/mol. The summed E-state index contributed by atoms with van der Waals surface area (Å²) in [5.41, 5.74) is 3.51. The summed E-state index contributed by atoms with van der Waals surface area (Å²) in [6, 6.07) is 10.8. The fourth-order valence-electron chi connectivity index (χ4n) is 2.10. The van der Waals surface area contributed by atoms with Crippen LogP contribution in [0.1, 0.15) is 23.8 Å². The molecule has 1 unspecified atom stereocenters. The van der Waals surface area contributed by atoms with E-state index in [2.05, 4.69) is 58.2 Å². The van der Waals surface area contributed by atoms with Gasteiger partial charge in [-0.25, -0.2) is 0 Å². The van der Waals surface area contributed by atoms with Gasteiger partial charge in [-0.05, 0) is 18.4 Å². The van der Waals surface area contributed by atoms with Gasteiger partial charge in [-0.1, -0.05) is 53.2 Å². The molecular weight excluding hydrogens is 294 g/mol. The fourth-order valence-corrected chi connectivity index (χ4v) is 3.76. The van der Waals surface area contributed by atoms with E-state index in [9.17, 15) is 0 Å². The molecule has 1 aromatic carbocycles. The molecular formula is C14H16BrNS. The summed E-state index contributed by atoms with van der Waals surface area (Å²) < 4.78 is 0. The standard InChI is InChI=1S/C14H16BrNS/c1-2-14(10-15,8-13-9-16-11-17-13)12-6-4-3-5-7-12/h3-7,9,11H,2,8,10H2,1H3. The van der Waals surface area contributed by atoms with Crippen molar-refractivity contribution < 1.29 is 0 Å². The summed E-state index contributed by atoms with van der Waals surface area (Å²) in [6.45, 7) is 2.26. The molecule has 0 aliphatic carbocycles. The van der Waals surface area contributed by atoms with Crippen molar-refractivity contribution in [3.05, 3.63) is 52.5 Å². The lowest BCUT2D eigenvalue weighted by Crippen LogP contribution is -2.29. The van der Waals surface area contributed by atoms with Gasteiger partial charge >= 0.3 is 0 Å². The maximum atomic E-state index is 4.17. The van der Waals surface area contributed by atoms with Crippen LogP contribution in [0.25, 0.3) is 0 Å². The summed E-state index contributed by atoms with van der Waals surface area (Å²) in [4.78, 5) is 5.53. The van der Waals surface area contributed by atoms with Crippen molar-refractivity contribution >= 4 is 27.3 Å². The highest BCUT2D eigenvalue weighted by molar-refractivity contribution is 9.09. The Morgan fingerprint density at radius 3 is 2.59 bits per heavy atom. The molecule has 0 amide bonds. The van der Waals surface area contributed by atoms with Crippen molar-refractivity contribution in [3.63, 3.8) is 0 Å². The number of thiazole rings is 1. The molecule has 2 aromatic rings. The van der Waals surface area contributed by atoms with E-state index in [4.69, 9.17) is 0 Å². The van der Waals surface area contributed by atoms with Crippen LogP contribution in [0.15, 0.2) is 42.0 Å². The highest BCUT2D eigenvalue weighted by atomic mass is 79.9. The monoisotopic (exact) mass is 309 g/mol. The molecule has 2 rings (SSSR count). The molecule has 0 bridgehead atoms. The molecule has 17 heavy (non-hydrogen) atoms. The van der Waals surface area contributed by atoms with Crippen LogP contribution in [0.5, 0.6) is 0 Å². The van der Waals surface area contributed by atoms with Crippen molar-refractivity contribution in [1.29, 1.82) is 0 Å². The smallest absolute Gasteiger partial charge is 0.0794 e. The van der Waals surface area contributed by atoms with E-state index in [-0.39, 0.29) is 5.41 Å². The Balaban J connectivity index is 2.32. The average Bonchev–Trinajstić information content (AvgIpc) is 2.90. The number of hydrogen-bond acceptors (Lipinski definition) is 2. The van der Waals surface area contributed by atoms with Crippen molar-refractivity contribution in [2.75, 3.05) is 5.33 Å². The van der Waals surface area contributed by atoms with Crippen molar-refractivity contribution in [2.45, 2.75) is 25.2 Å². The Bertz CT molecular complexity index is 435. The lowest BCUT2D eigenvalue weighted by atomic mass is 9.77. The number of aromatic nitrogens is 1. The van der Waals surface area contributed by atoms with Crippen molar-refractivity contribution in [1.82, 2.24) is 4.98 Å². The number of halogens is 1. The van der Waals surface area contributed by atoms with E-state index in [1.165, 1.54) is 10.4 Å². The van der Waals surface area contributed by atoms with Crippen LogP contribution in [0.3, 0.4) is 0 Å². The Morgan fingerprint density at radius 2 is 2.06 bits per heavy atom. The van der Waals surface area contributed by atoms with Gasteiger partial charge in [0, 0.05) is 21.8 Å².